The smallest absolute Gasteiger partial charge is 0.276 e. The van der Waals surface area contributed by atoms with Gasteiger partial charge in [0.25, 0.3) is 5.91 Å². The van der Waals surface area contributed by atoms with Crippen molar-refractivity contribution in [3.8, 4) is 0 Å². The lowest BCUT2D eigenvalue weighted by Gasteiger charge is -2.25. The molecule has 3 rings (SSSR count). The van der Waals surface area contributed by atoms with E-state index in [2.05, 4.69) is 10.1 Å². The van der Waals surface area contributed by atoms with Crippen LogP contribution in [0.25, 0.3) is 0 Å². The third-order valence-corrected chi connectivity index (χ3v) is 4.15. The average Bonchev–Trinajstić information content (AvgIpc) is 3.05. The van der Waals surface area contributed by atoms with Crippen molar-refractivity contribution in [2.24, 2.45) is 0 Å². The second-order valence-electron chi connectivity index (χ2n) is 6.21. The number of nitrogens with zero attached hydrogens (tertiary/aromatic N) is 3. The molecule has 1 amide bonds. The minimum atomic E-state index is -0.132. The van der Waals surface area contributed by atoms with Crippen LogP contribution in [0.4, 0.5) is 0 Å². The number of carbonyl (C=O) groups is 1. The maximum atomic E-state index is 12.5. The van der Waals surface area contributed by atoms with E-state index in [1.807, 2.05) is 31.2 Å². The van der Waals surface area contributed by atoms with Crippen molar-refractivity contribution in [3.63, 3.8) is 0 Å². The molecule has 0 saturated carbocycles. The van der Waals surface area contributed by atoms with Gasteiger partial charge in [0, 0.05) is 32.7 Å². The zero-order chi connectivity index (χ0) is 16.9. The number of amides is 1. The Hall–Kier alpha value is -2.18. The summed E-state index contributed by atoms with van der Waals surface area (Å²) in [5.74, 6) is 0.580. The summed E-state index contributed by atoms with van der Waals surface area (Å²) in [7, 11) is 1.78. The molecule has 0 N–H and O–H groups in total. The van der Waals surface area contributed by atoms with E-state index in [1.165, 1.54) is 5.56 Å². The molecule has 2 heterocycles. The predicted molar refractivity (Wildman–Crippen MR) is 89.6 cm³/mol. The van der Waals surface area contributed by atoms with Gasteiger partial charge in [0.1, 0.15) is 0 Å². The largest absolute Gasteiger partial charge is 0.379 e. The molecular formula is C18H23N3O3. The molecule has 0 spiro atoms. The number of hydrogen-bond donors (Lipinski definition) is 0. The predicted octanol–water partition coefficient (Wildman–Crippen LogP) is 2.09. The molecule has 1 aliphatic heterocycles. The molecule has 1 fully saturated rings. The van der Waals surface area contributed by atoms with Gasteiger partial charge >= 0.3 is 0 Å². The maximum absolute atomic E-state index is 12.5. The third-order valence-electron chi connectivity index (χ3n) is 4.15. The zero-order valence-corrected chi connectivity index (χ0v) is 14.2. The number of morpholine rings is 1. The van der Waals surface area contributed by atoms with Crippen LogP contribution in [-0.4, -0.2) is 54.2 Å². The lowest BCUT2D eigenvalue weighted by Crippen LogP contribution is -2.35. The number of aryl methyl sites for hydroxylation is 1. The minimum Gasteiger partial charge on any atom is -0.379 e. The van der Waals surface area contributed by atoms with Gasteiger partial charge in [-0.2, -0.15) is 0 Å². The van der Waals surface area contributed by atoms with Gasteiger partial charge in [-0.1, -0.05) is 35.0 Å². The molecule has 1 aromatic carbocycles. The van der Waals surface area contributed by atoms with E-state index in [1.54, 1.807) is 18.0 Å². The quantitative estimate of drug-likeness (QED) is 0.841. The standard InChI is InChI=1S/C18H23N3O3/c1-14-3-5-15(6-4-14)12-20(2)18(22)17-11-16(24-19-17)13-21-7-9-23-10-8-21/h3-6,11H,7-10,12-13H2,1-2H3. The highest BCUT2D eigenvalue weighted by Crippen LogP contribution is 2.12. The van der Waals surface area contributed by atoms with Gasteiger partial charge in [-0.15, -0.1) is 0 Å². The van der Waals surface area contributed by atoms with Crippen LogP contribution in [0.1, 0.15) is 27.4 Å². The average molecular weight is 329 g/mol. The highest BCUT2D eigenvalue weighted by molar-refractivity contribution is 5.92. The second kappa shape index (κ2) is 7.59. The molecule has 2 aromatic rings. The molecular weight excluding hydrogens is 306 g/mol. The van der Waals surface area contributed by atoms with Gasteiger partial charge in [0.2, 0.25) is 0 Å². The first-order valence-electron chi connectivity index (χ1n) is 8.18. The van der Waals surface area contributed by atoms with Crippen LogP contribution in [0.3, 0.4) is 0 Å². The van der Waals surface area contributed by atoms with E-state index < -0.39 is 0 Å². The van der Waals surface area contributed by atoms with Gasteiger partial charge in [0.15, 0.2) is 11.5 Å². The fourth-order valence-electron chi connectivity index (χ4n) is 2.70. The Bertz CT molecular complexity index is 675. The highest BCUT2D eigenvalue weighted by Gasteiger charge is 2.19. The molecule has 0 atom stereocenters. The summed E-state index contributed by atoms with van der Waals surface area (Å²) in [4.78, 5) is 16.4. The number of rotatable bonds is 5. The minimum absolute atomic E-state index is 0.132. The van der Waals surface area contributed by atoms with Gasteiger partial charge in [-0.05, 0) is 12.5 Å². The third kappa shape index (κ3) is 4.21. The SMILES string of the molecule is Cc1ccc(CN(C)C(=O)c2cc(CN3CCOCC3)on2)cc1. The Morgan fingerprint density at radius 1 is 1.25 bits per heavy atom. The first-order chi connectivity index (χ1) is 11.6. The van der Waals surface area contributed by atoms with E-state index in [0.717, 1.165) is 31.9 Å². The van der Waals surface area contributed by atoms with E-state index >= 15 is 0 Å². The van der Waals surface area contributed by atoms with Gasteiger partial charge in [-0.3, -0.25) is 9.69 Å². The summed E-state index contributed by atoms with van der Waals surface area (Å²) in [6.45, 7) is 6.47. The lowest BCUT2D eigenvalue weighted by atomic mass is 10.1. The number of hydrogen-bond acceptors (Lipinski definition) is 5. The van der Waals surface area contributed by atoms with Crippen LogP contribution in [0.5, 0.6) is 0 Å². The fraction of sp³-hybridized carbons (Fsp3) is 0.444. The summed E-state index contributed by atoms with van der Waals surface area (Å²) in [5, 5.41) is 3.93. The molecule has 0 unspecified atom stereocenters. The second-order valence-corrected chi connectivity index (χ2v) is 6.21. The van der Waals surface area contributed by atoms with Gasteiger partial charge in [0.05, 0.1) is 19.8 Å². The number of aromatic nitrogens is 1. The Labute approximate surface area is 142 Å². The van der Waals surface area contributed by atoms with Gasteiger partial charge in [-0.25, -0.2) is 0 Å². The topological polar surface area (TPSA) is 58.8 Å². The molecule has 0 aliphatic carbocycles. The zero-order valence-electron chi connectivity index (χ0n) is 14.2. The van der Waals surface area contributed by atoms with Crippen LogP contribution in [0.2, 0.25) is 0 Å². The van der Waals surface area contributed by atoms with Crippen molar-refractivity contribution in [1.82, 2.24) is 15.0 Å². The van der Waals surface area contributed by atoms with E-state index in [-0.39, 0.29) is 5.91 Å². The summed E-state index contributed by atoms with van der Waals surface area (Å²) >= 11 is 0. The first-order valence-corrected chi connectivity index (χ1v) is 8.18. The monoisotopic (exact) mass is 329 g/mol. The van der Waals surface area contributed by atoms with Crippen LogP contribution in [-0.2, 0) is 17.8 Å². The first kappa shape index (κ1) is 16.7. The molecule has 1 aliphatic rings. The summed E-state index contributed by atoms with van der Waals surface area (Å²) in [6, 6.07) is 9.90. The Balaban J connectivity index is 1.58. The Kier molecular flexibility index (Phi) is 5.27. The van der Waals surface area contributed by atoms with Crippen molar-refractivity contribution < 1.29 is 14.1 Å². The van der Waals surface area contributed by atoms with Crippen LogP contribution in [0.15, 0.2) is 34.9 Å². The van der Waals surface area contributed by atoms with Crippen molar-refractivity contribution in [2.45, 2.75) is 20.0 Å². The van der Waals surface area contributed by atoms with E-state index in [4.69, 9.17) is 9.26 Å². The van der Waals surface area contributed by atoms with Crippen LogP contribution >= 0.6 is 0 Å². The number of benzene rings is 1. The highest BCUT2D eigenvalue weighted by atomic mass is 16.5. The van der Waals surface area contributed by atoms with Crippen molar-refractivity contribution in [2.75, 3.05) is 33.4 Å². The molecule has 24 heavy (non-hydrogen) atoms. The van der Waals surface area contributed by atoms with Crippen molar-refractivity contribution >= 4 is 5.91 Å². The molecule has 6 nitrogen and oxygen atoms in total. The van der Waals surface area contributed by atoms with Crippen LogP contribution in [0, 0.1) is 6.92 Å². The molecule has 6 heteroatoms. The molecule has 0 bridgehead atoms. The normalized spacial score (nSPS) is 15.4. The summed E-state index contributed by atoms with van der Waals surface area (Å²) in [6.07, 6.45) is 0. The van der Waals surface area contributed by atoms with Crippen molar-refractivity contribution in [1.29, 1.82) is 0 Å². The number of carbonyl (C=O) groups excluding carboxylic acids is 1. The van der Waals surface area contributed by atoms with Crippen molar-refractivity contribution in [3.05, 3.63) is 52.9 Å². The molecule has 1 saturated heterocycles. The summed E-state index contributed by atoms with van der Waals surface area (Å²) < 4.78 is 10.7. The van der Waals surface area contributed by atoms with E-state index in [0.29, 0.717) is 24.5 Å². The lowest BCUT2D eigenvalue weighted by molar-refractivity contribution is 0.0305. The summed E-state index contributed by atoms with van der Waals surface area (Å²) in [5.41, 5.74) is 2.65. The molecule has 0 radical (unpaired) electrons. The Morgan fingerprint density at radius 3 is 2.67 bits per heavy atom. The van der Waals surface area contributed by atoms with Crippen LogP contribution < -0.4 is 0 Å². The maximum Gasteiger partial charge on any atom is 0.276 e. The fourth-order valence-corrected chi connectivity index (χ4v) is 2.70. The van der Waals surface area contributed by atoms with E-state index in [9.17, 15) is 4.79 Å². The van der Waals surface area contributed by atoms with Gasteiger partial charge < -0.3 is 14.2 Å². The Morgan fingerprint density at radius 2 is 1.96 bits per heavy atom. The molecule has 1 aromatic heterocycles. The molecule has 128 valence electrons. The number of ether oxygens (including phenoxy) is 1.